The smallest absolute Gasteiger partial charge is 0.341 e. The molecule has 1 unspecified atom stereocenters. The lowest BCUT2D eigenvalue weighted by atomic mass is 10.1. The predicted molar refractivity (Wildman–Crippen MR) is 102 cm³/mol. The Morgan fingerprint density at radius 1 is 1.33 bits per heavy atom. The van der Waals surface area contributed by atoms with Gasteiger partial charge in [0, 0.05) is 32.4 Å². The van der Waals surface area contributed by atoms with E-state index in [1.807, 2.05) is 4.90 Å². The Balaban J connectivity index is 1.68. The van der Waals surface area contributed by atoms with E-state index in [4.69, 9.17) is 0 Å². The van der Waals surface area contributed by atoms with E-state index in [2.05, 4.69) is 10.7 Å². The van der Waals surface area contributed by atoms with Crippen molar-refractivity contribution in [2.45, 2.75) is 25.3 Å². The van der Waals surface area contributed by atoms with Crippen molar-refractivity contribution < 1.29 is 14.3 Å². The van der Waals surface area contributed by atoms with Crippen LogP contribution in [-0.2, 0) is 0 Å². The van der Waals surface area contributed by atoms with E-state index in [9.17, 15) is 19.1 Å². The molecular formula is C19H23FN4O3. The maximum atomic E-state index is 14.8. The van der Waals surface area contributed by atoms with E-state index in [0.717, 1.165) is 32.1 Å². The maximum Gasteiger partial charge on any atom is 0.341 e. The molecule has 0 amide bonds. The number of nitrogens with zero attached hydrogens (tertiary/aromatic N) is 2. The fraction of sp³-hybridized carbons (Fsp3) is 0.474. The highest BCUT2D eigenvalue weighted by Crippen LogP contribution is 2.30. The Morgan fingerprint density at radius 3 is 2.78 bits per heavy atom. The van der Waals surface area contributed by atoms with Crippen molar-refractivity contribution in [2.75, 3.05) is 37.0 Å². The van der Waals surface area contributed by atoms with E-state index >= 15 is 0 Å². The van der Waals surface area contributed by atoms with Gasteiger partial charge in [0.05, 0.1) is 16.6 Å². The van der Waals surface area contributed by atoms with Gasteiger partial charge in [-0.3, -0.25) is 9.47 Å². The summed E-state index contributed by atoms with van der Waals surface area (Å²) in [6.07, 6.45) is 4.72. The minimum atomic E-state index is -1.33. The maximum absolute atomic E-state index is 14.8. The highest BCUT2D eigenvalue weighted by atomic mass is 19.1. The molecule has 2 fully saturated rings. The van der Waals surface area contributed by atoms with E-state index in [1.165, 1.54) is 23.7 Å². The van der Waals surface area contributed by atoms with Crippen molar-refractivity contribution in [3.8, 4) is 0 Å². The lowest BCUT2D eigenvalue weighted by Gasteiger charge is -2.21. The van der Waals surface area contributed by atoms with Gasteiger partial charge < -0.3 is 20.7 Å². The number of hydrogen-bond donors (Lipinski definition) is 3. The monoisotopic (exact) mass is 374 g/mol. The average molecular weight is 374 g/mol. The first-order valence-corrected chi connectivity index (χ1v) is 9.26. The Bertz CT molecular complexity index is 954. The number of rotatable bonds is 6. The Labute approximate surface area is 155 Å². The molecule has 1 aromatic heterocycles. The lowest BCUT2D eigenvalue weighted by Crippen LogP contribution is -2.28. The summed E-state index contributed by atoms with van der Waals surface area (Å²) in [7, 11) is 1.62. The molecule has 0 bridgehead atoms. The number of benzene rings is 1. The van der Waals surface area contributed by atoms with Gasteiger partial charge >= 0.3 is 5.97 Å². The van der Waals surface area contributed by atoms with Crippen LogP contribution < -0.4 is 21.1 Å². The van der Waals surface area contributed by atoms with Crippen LogP contribution in [0.25, 0.3) is 10.9 Å². The minimum absolute atomic E-state index is 0.0525. The first-order valence-electron chi connectivity index (χ1n) is 9.26. The molecule has 144 valence electrons. The highest BCUT2D eigenvalue weighted by molar-refractivity contribution is 5.93. The molecule has 0 radical (unpaired) electrons. The summed E-state index contributed by atoms with van der Waals surface area (Å²) in [4.78, 5) is 25.7. The number of anilines is 1. The molecule has 1 aromatic carbocycles. The highest BCUT2D eigenvalue weighted by Gasteiger charge is 2.28. The van der Waals surface area contributed by atoms with Crippen molar-refractivity contribution >= 4 is 22.6 Å². The van der Waals surface area contributed by atoms with Gasteiger partial charge in [-0.15, -0.1) is 0 Å². The van der Waals surface area contributed by atoms with Crippen LogP contribution in [0.4, 0.5) is 10.1 Å². The summed E-state index contributed by atoms with van der Waals surface area (Å²) in [6.45, 7) is 2.47. The fourth-order valence-corrected chi connectivity index (χ4v) is 3.75. The van der Waals surface area contributed by atoms with Crippen LogP contribution in [0.5, 0.6) is 0 Å². The van der Waals surface area contributed by atoms with Crippen molar-refractivity contribution in [3.63, 3.8) is 0 Å². The SMILES string of the molecule is CNn1cc(C(=O)O)c(=O)c2cc(F)c(N3CCC(CNC4CC4)C3)cc21. The zero-order valence-electron chi connectivity index (χ0n) is 15.2. The number of halogens is 1. The van der Waals surface area contributed by atoms with E-state index in [1.54, 1.807) is 13.1 Å². The second kappa shape index (κ2) is 6.84. The van der Waals surface area contributed by atoms with Gasteiger partial charge in [-0.05, 0) is 43.9 Å². The Kier molecular flexibility index (Phi) is 4.51. The summed E-state index contributed by atoms with van der Waals surface area (Å²) in [5, 5.41) is 12.8. The van der Waals surface area contributed by atoms with Crippen LogP contribution in [-0.4, -0.2) is 48.5 Å². The molecule has 27 heavy (non-hydrogen) atoms. The minimum Gasteiger partial charge on any atom is -0.477 e. The third-order valence-corrected chi connectivity index (χ3v) is 5.44. The molecule has 1 aliphatic heterocycles. The summed E-state index contributed by atoms with van der Waals surface area (Å²) in [5.74, 6) is -1.36. The van der Waals surface area contributed by atoms with Gasteiger partial charge in [0.15, 0.2) is 0 Å². The number of fused-ring (bicyclic) bond motifs is 1. The van der Waals surface area contributed by atoms with Crippen molar-refractivity contribution in [1.29, 1.82) is 0 Å². The zero-order valence-corrected chi connectivity index (χ0v) is 15.2. The van der Waals surface area contributed by atoms with Gasteiger partial charge in [-0.1, -0.05) is 0 Å². The number of carbonyl (C=O) groups is 1. The van der Waals surface area contributed by atoms with Crippen LogP contribution in [0.1, 0.15) is 29.6 Å². The lowest BCUT2D eigenvalue weighted by molar-refractivity contribution is 0.0695. The van der Waals surface area contributed by atoms with E-state index in [0.29, 0.717) is 23.2 Å². The third-order valence-electron chi connectivity index (χ3n) is 5.44. The van der Waals surface area contributed by atoms with Gasteiger partial charge in [0.25, 0.3) is 0 Å². The van der Waals surface area contributed by atoms with Crippen molar-refractivity contribution in [3.05, 3.63) is 39.9 Å². The molecular weight excluding hydrogens is 351 g/mol. The third kappa shape index (κ3) is 3.37. The Hall–Kier alpha value is -2.61. The largest absolute Gasteiger partial charge is 0.477 e. The van der Waals surface area contributed by atoms with Crippen molar-refractivity contribution in [2.24, 2.45) is 5.92 Å². The van der Waals surface area contributed by atoms with Crippen molar-refractivity contribution in [1.82, 2.24) is 9.99 Å². The standard InChI is InChI=1S/C19H23FN4O3/c1-21-24-10-14(19(26)27)18(25)13-6-15(20)17(7-16(13)24)23-5-4-11(9-23)8-22-12-2-3-12/h6-7,10-12,21-22H,2-5,8-9H2,1H3,(H,26,27). The Morgan fingerprint density at radius 2 is 2.11 bits per heavy atom. The number of aromatic nitrogens is 1. The van der Waals surface area contributed by atoms with Crippen LogP contribution in [0.15, 0.2) is 23.1 Å². The van der Waals surface area contributed by atoms with Gasteiger partial charge in [-0.2, -0.15) is 0 Å². The van der Waals surface area contributed by atoms with Crippen LogP contribution in [0.3, 0.4) is 0 Å². The molecule has 1 saturated carbocycles. The fourth-order valence-electron chi connectivity index (χ4n) is 3.75. The molecule has 2 aliphatic rings. The van der Waals surface area contributed by atoms with Gasteiger partial charge in [0.1, 0.15) is 11.4 Å². The normalized spacial score (nSPS) is 19.6. The molecule has 3 N–H and O–H groups in total. The molecule has 1 aliphatic carbocycles. The molecule has 2 heterocycles. The van der Waals surface area contributed by atoms with Gasteiger partial charge in [-0.25, -0.2) is 9.18 Å². The van der Waals surface area contributed by atoms with E-state index < -0.39 is 22.8 Å². The topological polar surface area (TPSA) is 86.6 Å². The second-order valence-electron chi connectivity index (χ2n) is 7.37. The second-order valence-corrected chi connectivity index (χ2v) is 7.37. The first-order chi connectivity index (χ1) is 13.0. The first kappa shape index (κ1) is 17.8. The molecule has 1 saturated heterocycles. The predicted octanol–water partition coefficient (Wildman–Crippen LogP) is 1.59. The summed E-state index contributed by atoms with van der Waals surface area (Å²) in [6, 6.07) is 3.44. The molecule has 4 rings (SSSR count). The summed E-state index contributed by atoms with van der Waals surface area (Å²) in [5.41, 5.74) is 2.68. The number of pyridine rings is 1. The van der Waals surface area contributed by atoms with Gasteiger partial charge in [0.2, 0.25) is 5.43 Å². The van der Waals surface area contributed by atoms with Crippen LogP contribution in [0, 0.1) is 11.7 Å². The van der Waals surface area contributed by atoms with Crippen LogP contribution >= 0.6 is 0 Å². The molecule has 8 heteroatoms. The summed E-state index contributed by atoms with van der Waals surface area (Å²) >= 11 is 0. The van der Waals surface area contributed by atoms with Crippen LogP contribution in [0.2, 0.25) is 0 Å². The average Bonchev–Trinajstić information content (AvgIpc) is 3.36. The molecule has 0 spiro atoms. The summed E-state index contributed by atoms with van der Waals surface area (Å²) < 4.78 is 16.2. The molecule has 2 aromatic rings. The zero-order chi connectivity index (χ0) is 19.1. The molecule has 1 atom stereocenters. The quantitative estimate of drug-likeness (QED) is 0.712. The number of nitrogens with one attached hydrogen (secondary N) is 2. The number of carboxylic acids is 1. The number of hydrogen-bond acceptors (Lipinski definition) is 5. The van der Waals surface area contributed by atoms with E-state index in [-0.39, 0.29) is 5.39 Å². The molecule has 7 nitrogen and oxygen atoms in total. The number of aromatic carboxylic acids is 1. The number of carboxylic acid groups (broad SMARTS) is 1.